The number of ketones is 1. The summed E-state index contributed by atoms with van der Waals surface area (Å²) in [5.41, 5.74) is 1.01. The van der Waals surface area contributed by atoms with Crippen LogP contribution in [0.15, 0.2) is 36.4 Å². The number of Topliss-reactive ketones (excluding diaryl/α,β-unsaturated/α-hetero) is 1. The lowest BCUT2D eigenvalue weighted by Gasteiger charge is -2.06. The summed E-state index contributed by atoms with van der Waals surface area (Å²) in [5, 5.41) is 0.317. The van der Waals surface area contributed by atoms with Gasteiger partial charge in [0, 0.05) is 18.9 Å². The van der Waals surface area contributed by atoms with Crippen LogP contribution in [0.1, 0.15) is 24.8 Å². The lowest BCUT2D eigenvalue weighted by atomic mass is 10.0. The highest BCUT2D eigenvalue weighted by Gasteiger charge is 2.24. The molecule has 1 fully saturated rings. The van der Waals surface area contributed by atoms with Crippen LogP contribution in [0.4, 0.5) is 8.78 Å². The lowest BCUT2D eigenvalue weighted by molar-refractivity contribution is -0.118. The first kappa shape index (κ1) is 16.1. The van der Waals surface area contributed by atoms with E-state index in [1.165, 1.54) is 29.5 Å². The molecular formula is C19H15F2NO2S. The number of aromatic nitrogens is 1. The quantitative estimate of drug-likeness (QED) is 0.601. The van der Waals surface area contributed by atoms with Gasteiger partial charge >= 0.3 is 0 Å². The van der Waals surface area contributed by atoms with Crippen LogP contribution >= 0.6 is 11.3 Å². The highest BCUT2D eigenvalue weighted by Crippen LogP contribution is 2.34. The summed E-state index contributed by atoms with van der Waals surface area (Å²) in [7, 11) is 0. The maximum Gasteiger partial charge on any atom is 0.279 e. The summed E-state index contributed by atoms with van der Waals surface area (Å²) in [6, 6.07) is 8.74. The Morgan fingerprint density at radius 2 is 2.04 bits per heavy atom. The summed E-state index contributed by atoms with van der Waals surface area (Å²) in [5.74, 6) is 0.0727. The molecule has 1 heterocycles. The predicted molar refractivity (Wildman–Crippen MR) is 92.1 cm³/mol. The number of thiazole rings is 1. The number of ether oxygens (including phenoxy) is 1. The molecule has 0 N–H and O–H groups in total. The van der Waals surface area contributed by atoms with Crippen LogP contribution in [0, 0.1) is 17.6 Å². The number of fused-ring (bicyclic) bond motifs is 1. The Balaban J connectivity index is 1.48. The Bertz CT molecular complexity index is 950. The van der Waals surface area contributed by atoms with Gasteiger partial charge in [0.25, 0.3) is 5.19 Å². The van der Waals surface area contributed by atoms with E-state index in [0.717, 1.165) is 12.8 Å². The van der Waals surface area contributed by atoms with Crippen molar-refractivity contribution in [3.8, 4) is 10.9 Å². The zero-order valence-corrected chi connectivity index (χ0v) is 14.1. The minimum absolute atomic E-state index is 0.0725. The van der Waals surface area contributed by atoms with Gasteiger partial charge < -0.3 is 4.74 Å². The van der Waals surface area contributed by atoms with E-state index in [1.807, 2.05) is 0 Å². The number of hydrogen-bond acceptors (Lipinski definition) is 4. The van der Waals surface area contributed by atoms with Gasteiger partial charge in [0.2, 0.25) is 0 Å². The van der Waals surface area contributed by atoms with E-state index in [2.05, 4.69) is 4.98 Å². The molecule has 25 heavy (non-hydrogen) atoms. The Morgan fingerprint density at radius 3 is 2.80 bits per heavy atom. The molecule has 4 rings (SSSR count). The number of carbonyl (C=O) groups is 1. The van der Waals surface area contributed by atoms with E-state index >= 15 is 0 Å². The molecule has 0 spiro atoms. The van der Waals surface area contributed by atoms with E-state index in [4.69, 9.17) is 4.74 Å². The smallest absolute Gasteiger partial charge is 0.279 e. The van der Waals surface area contributed by atoms with Crippen LogP contribution in [0.25, 0.3) is 10.2 Å². The monoisotopic (exact) mass is 359 g/mol. The number of halogens is 2. The van der Waals surface area contributed by atoms with Crippen molar-refractivity contribution in [1.29, 1.82) is 0 Å². The number of carbonyl (C=O) groups excluding carboxylic acids is 1. The lowest BCUT2D eigenvalue weighted by Crippen LogP contribution is -2.05. The first-order valence-electron chi connectivity index (χ1n) is 8.11. The Kier molecular flexibility index (Phi) is 4.21. The van der Waals surface area contributed by atoms with Crippen molar-refractivity contribution in [2.24, 2.45) is 5.92 Å². The number of hydrogen-bond donors (Lipinski definition) is 0. The highest BCUT2D eigenvalue weighted by atomic mass is 32.1. The maximum atomic E-state index is 14.2. The average Bonchev–Trinajstić information content (AvgIpc) is 3.28. The van der Waals surface area contributed by atoms with Crippen molar-refractivity contribution >= 4 is 27.3 Å². The Morgan fingerprint density at radius 1 is 1.20 bits per heavy atom. The second-order valence-corrected chi connectivity index (χ2v) is 7.30. The van der Waals surface area contributed by atoms with Crippen LogP contribution in [-0.4, -0.2) is 10.8 Å². The molecule has 128 valence electrons. The standard InChI is InChI=1S/C19H15F2NO2S/c20-13-4-6-17-18(9-13)25-19(22-17)24-15-5-3-12(16(21)10-15)8-14(23)7-11-1-2-11/h3-6,9-11H,1-2,7-8H2. The molecule has 1 aliphatic carbocycles. The van der Waals surface area contributed by atoms with Crippen molar-refractivity contribution in [1.82, 2.24) is 4.98 Å². The fourth-order valence-corrected chi connectivity index (χ4v) is 3.54. The summed E-state index contributed by atoms with van der Waals surface area (Å²) >= 11 is 1.19. The van der Waals surface area contributed by atoms with Crippen molar-refractivity contribution in [3.05, 3.63) is 53.6 Å². The van der Waals surface area contributed by atoms with Crippen molar-refractivity contribution in [3.63, 3.8) is 0 Å². The number of rotatable bonds is 6. The van der Waals surface area contributed by atoms with Gasteiger partial charge in [-0.15, -0.1) is 0 Å². The van der Waals surface area contributed by atoms with Gasteiger partial charge in [-0.2, -0.15) is 0 Å². The van der Waals surface area contributed by atoms with E-state index in [1.54, 1.807) is 18.2 Å². The zero-order chi connectivity index (χ0) is 17.4. The molecule has 6 heteroatoms. The van der Waals surface area contributed by atoms with E-state index in [9.17, 15) is 13.6 Å². The molecule has 2 aromatic carbocycles. The van der Waals surface area contributed by atoms with E-state index in [0.29, 0.717) is 39.1 Å². The van der Waals surface area contributed by atoms with Gasteiger partial charge in [0.05, 0.1) is 10.2 Å². The molecule has 0 unspecified atom stereocenters. The third kappa shape index (κ3) is 3.85. The predicted octanol–water partition coefficient (Wildman–Crippen LogP) is 5.28. The molecular weight excluding hydrogens is 344 g/mol. The normalized spacial score (nSPS) is 14.0. The Hall–Kier alpha value is -2.34. The van der Waals surface area contributed by atoms with Crippen molar-refractivity contribution in [2.75, 3.05) is 0 Å². The van der Waals surface area contributed by atoms with Crippen molar-refractivity contribution in [2.45, 2.75) is 25.7 Å². The van der Waals surface area contributed by atoms with Gasteiger partial charge in [-0.1, -0.05) is 17.4 Å². The van der Waals surface area contributed by atoms with Gasteiger partial charge in [0.15, 0.2) is 0 Å². The van der Waals surface area contributed by atoms with Crippen LogP contribution in [0.3, 0.4) is 0 Å². The van der Waals surface area contributed by atoms with E-state index in [-0.39, 0.29) is 18.0 Å². The second-order valence-electron chi connectivity index (χ2n) is 6.31. The second kappa shape index (κ2) is 6.52. The van der Waals surface area contributed by atoms with Gasteiger partial charge in [-0.05, 0) is 48.6 Å². The average molecular weight is 359 g/mol. The van der Waals surface area contributed by atoms with Crippen LogP contribution < -0.4 is 4.74 Å². The topological polar surface area (TPSA) is 39.2 Å². The minimum atomic E-state index is -0.464. The van der Waals surface area contributed by atoms with Crippen LogP contribution in [-0.2, 0) is 11.2 Å². The molecule has 0 atom stereocenters. The molecule has 1 saturated carbocycles. The fourth-order valence-electron chi connectivity index (χ4n) is 2.69. The van der Waals surface area contributed by atoms with E-state index < -0.39 is 5.82 Å². The summed E-state index contributed by atoms with van der Waals surface area (Å²) in [4.78, 5) is 16.1. The Labute approximate surface area is 147 Å². The summed E-state index contributed by atoms with van der Waals surface area (Å²) in [6.07, 6.45) is 2.86. The zero-order valence-electron chi connectivity index (χ0n) is 13.3. The highest BCUT2D eigenvalue weighted by molar-refractivity contribution is 7.20. The molecule has 0 radical (unpaired) electrons. The first-order valence-corrected chi connectivity index (χ1v) is 8.92. The molecule has 0 bridgehead atoms. The minimum Gasteiger partial charge on any atom is -0.431 e. The van der Waals surface area contributed by atoms with Crippen LogP contribution in [0.2, 0.25) is 0 Å². The molecule has 1 aromatic heterocycles. The largest absolute Gasteiger partial charge is 0.431 e. The third-order valence-electron chi connectivity index (χ3n) is 4.16. The molecule has 0 saturated heterocycles. The maximum absolute atomic E-state index is 14.2. The van der Waals surface area contributed by atoms with Crippen LogP contribution in [0.5, 0.6) is 10.9 Å². The summed E-state index contributed by atoms with van der Waals surface area (Å²) < 4.78 is 33.7. The SMILES string of the molecule is O=C(Cc1ccc(Oc2nc3ccc(F)cc3s2)cc1F)CC1CC1. The summed E-state index contributed by atoms with van der Waals surface area (Å²) in [6.45, 7) is 0. The van der Waals surface area contributed by atoms with Crippen molar-refractivity contribution < 1.29 is 18.3 Å². The molecule has 1 aliphatic rings. The molecule has 0 amide bonds. The van der Waals surface area contributed by atoms with Gasteiger partial charge in [-0.25, -0.2) is 13.8 Å². The number of nitrogens with zero attached hydrogens (tertiary/aromatic N) is 1. The van der Waals surface area contributed by atoms with Gasteiger partial charge in [0.1, 0.15) is 23.2 Å². The third-order valence-corrected chi connectivity index (χ3v) is 5.06. The first-order chi connectivity index (χ1) is 12.1. The number of benzene rings is 2. The van der Waals surface area contributed by atoms with Gasteiger partial charge in [-0.3, -0.25) is 4.79 Å². The molecule has 3 aromatic rings. The molecule has 3 nitrogen and oxygen atoms in total. The molecule has 0 aliphatic heterocycles. The fraction of sp³-hybridized carbons (Fsp3) is 0.263.